The van der Waals surface area contributed by atoms with Crippen molar-refractivity contribution in [3.8, 4) is 0 Å². The minimum atomic E-state index is 0.347. The average molecular weight is 253 g/mol. The summed E-state index contributed by atoms with van der Waals surface area (Å²) in [4.78, 5) is 0.409. The van der Waals surface area contributed by atoms with E-state index in [1.807, 2.05) is 0 Å². The van der Waals surface area contributed by atoms with Crippen molar-refractivity contribution in [2.24, 2.45) is 11.5 Å². The largest absolute Gasteiger partial charge is 0.329 e. The topological polar surface area (TPSA) is 76.1 Å². The Bertz CT molecular complexity index is 110. The quantitative estimate of drug-likeness (QED) is 0.338. The zero-order valence-electron chi connectivity index (χ0n) is 8.22. The number of nitrogens with two attached hydrogens (primary N) is 2. The SMILES string of the molecule is CC(Br)C(CN)NCCNCCN. The van der Waals surface area contributed by atoms with Crippen molar-refractivity contribution in [1.82, 2.24) is 10.6 Å². The van der Waals surface area contributed by atoms with Gasteiger partial charge in [-0.25, -0.2) is 0 Å². The van der Waals surface area contributed by atoms with E-state index in [0.29, 0.717) is 24.0 Å². The van der Waals surface area contributed by atoms with Gasteiger partial charge >= 0.3 is 0 Å². The van der Waals surface area contributed by atoms with E-state index in [4.69, 9.17) is 11.5 Å². The first-order chi connectivity index (χ1) is 6.22. The van der Waals surface area contributed by atoms with Crippen molar-refractivity contribution in [3.05, 3.63) is 0 Å². The predicted molar refractivity (Wildman–Crippen MR) is 61.2 cm³/mol. The molecule has 0 spiro atoms. The van der Waals surface area contributed by atoms with Crippen LogP contribution in [0.4, 0.5) is 0 Å². The molecule has 0 aromatic heterocycles. The van der Waals surface area contributed by atoms with E-state index in [2.05, 4.69) is 33.5 Å². The molecule has 0 aromatic rings. The van der Waals surface area contributed by atoms with Gasteiger partial charge in [-0.15, -0.1) is 0 Å². The van der Waals surface area contributed by atoms with E-state index in [1.165, 1.54) is 0 Å². The molecule has 2 atom stereocenters. The molecule has 0 heterocycles. The molecule has 0 bridgehead atoms. The van der Waals surface area contributed by atoms with Crippen molar-refractivity contribution in [3.63, 3.8) is 0 Å². The highest BCUT2D eigenvalue weighted by atomic mass is 79.9. The maximum atomic E-state index is 5.58. The maximum absolute atomic E-state index is 5.58. The Morgan fingerprint density at radius 3 is 2.38 bits per heavy atom. The average Bonchev–Trinajstić information content (AvgIpc) is 2.10. The van der Waals surface area contributed by atoms with Gasteiger partial charge in [-0.05, 0) is 0 Å². The monoisotopic (exact) mass is 252 g/mol. The molecule has 0 aliphatic heterocycles. The van der Waals surface area contributed by atoms with Gasteiger partial charge in [-0.1, -0.05) is 22.9 Å². The van der Waals surface area contributed by atoms with Gasteiger partial charge in [0.25, 0.3) is 0 Å². The van der Waals surface area contributed by atoms with Gasteiger partial charge in [0.05, 0.1) is 0 Å². The fraction of sp³-hybridized carbons (Fsp3) is 1.00. The van der Waals surface area contributed by atoms with Crippen LogP contribution >= 0.6 is 15.9 Å². The van der Waals surface area contributed by atoms with Gasteiger partial charge in [0.2, 0.25) is 0 Å². The van der Waals surface area contributed by atoms with E-state index < -0.39 is 0 Å². The molecule has 0 aliphatic rings. The molecule has 0 aliphatic carbocycles. The molecular formula is C8H21BrN4. The van der Waals surface area contributed by atoms with Crippen LogP contribution in [-0.4, -0.2) is 43.6 Å². The van der Waals surface area contributed by atoms with Crippen LogP contribution in [0.3, 0.4) is 0 Å². The maximum Gasteiger partial charge on any atom is 0.0313 e. The van der Waals surface area contributed by atoms with Crippen molar-refractivity contribution in [2.45, 2.75) is 17.8 Å². The number of nitrogens with one attached hydrogen (secondary N) is 2. The van der Waals surface area contributed by atoms with Crippen LogP contribution in [-0.2, 0) is 0 Å². The summed E-state index contributed by atoms with van der Waals surface area (Å²) in [7, 11) is 0. The lowest BCUT2D eigenvalue weighted by atomic mass is 10.2. The first kappa shape index (κ1) is 13.3. The Morgan fingerprint density at radius 2 is 1.92 bits per heavy atom. The molecule has 0 saturated heterocycles. The number of halogens is 1. The first-order valence-corrected chi connectivity index (χ1v) is 5.62. The second-order valence-electron chi connectivity index (χ2n) is 3.01. The molecule has 0 aromatic carbocycles. The third kappa shape index (κ3) is 7.40. The van der Waals surface area contributed by atoms with Gasteiger partial charge < -0.3 is 22.1 Å². The highest BCUT2D eigenvalue weighted by Gasteiger charge is 2.10. The highest BCUT2D eigenvalue weighted by molar-refractivity contribution is 9.09. The number of rotatable bonds is 8. The molecule has 80 valence electrons. The van der Waals surface area contributed by atoms with Crippen molar-refractivity contribution in [1.29, 1.82) is 0 Å². The smallest absolute Gasteiger partial charge is 0.0313 e. The van der Waals surface area contributed by atoms with Crippen LogP contribution in [0.5, 0.6) is 0 Å². The highest BCUT2D eigenvalue weighted by Crippen LogP contribution is 2.02. The molecule has 4 nitrogen and oxygen atoms in total. The standard InChI is InChI=1S/C8H21BrN4/c1-7(9)8(6-11)13-5-4-12-3-2-10/h7-8,12-13H,2-6,10-11H2,1H3. The summed E-state index contributed by atoms with van der Waals surface area (Å²) in [5.74, 6) is 0. The van der Waals surface area contributed by atoms with E-state index in [0.717, 1.165) is 19.6 Å². The van der Waals surface area contributed by atoms with Crippen molar-refractivity contribution < 1.29 is 0 Å². The zero-order chi connectivity index (χ0) is 10.1. The van der Waals surface area contributed by atoms with Crippen molar-refractivity contribution >= 4 is 15.9 Å². The molecule has 0 rings (SSSR count). The summed E-state index contributed by atoms with van der Waals surface area (Å²) in [5, 5.41) is 6.56. The Morgan fingerprint density at radius 1 is 1.23 bits per heavy atom. The van der Waals surface area contributed by atoms with Crippen LogP contribution in [0.25, 0.3) is 0 Å². The normalized spacial score (nSPS) is 15.7. The van der Waals surface area contributed by atoms with E-state index in [-0.39, 0.29) is 0 Å². The van der Waals surface area contributed by atoms with Gasteiger partial charge in [0.1, 0.15) is 0 Å². The van der Waals surface area contributed by atoms with Crippen LogP contribution < -0.4 is 22.1 Å². The first-order valence-electron chi connectivity index (χ1n) is 4.70. The summed E-state index contributed by atoms with van der Waals surface area (Å²) in [5.41, 5.74) is 10.9. The summed E-state index contributed by atoms with van der Waals surface area (Å²) >= 11 is 3.50. The van der Waals surface area contributed by atoms with Gasteiger partial charge in [-0.2, -0.15) is 0 Å². The fourth-order valence-corrected chi connectivity index (χ4v) is 1.41. The predicted octanol–water partition coefficient (Wildman–Crippen LogP) is -0.765. The Balaban J connectivity index is 3.28. The lowest BCUT2D eigenvalue weighted by molar-refractivity contribution is 0.506. The van der Waals surface area contributed by atoms with Crippen LogP contribution in [0.2, 0.25) is 0 Å². The molecular weight excluding hydrogens is 232 g/mol. The second-order valence-corrected chi connectivity index (χ2v) is 4.46. The molecule has 5 heteroatoms. The van der Waals surface area contributed by atoms with Crippen LogP contribution in [0, 0.1) is 0 Å². The molecule has 6 N–H and O–H groups in total. The van der Waals surface area contributed by atoms with Gasteiger partial charge in [0, 0.05) is 43.6 Å². The van der Waals surface area contributed by atoms with E-state index in [9.17, 15) is 0 Å². The summed E-state index contributed by atoms with van der Waals surface area (Å²) in [6.45, 7) is 6.18. The number of hydrogen-bond acceptors (Lipinski definition) is 4. The third-order valence-corrected chi connectivity index (χ3v) is 2.48. The number of alkyl halides is 1. The molecule has 0 fully saturated rings. The second kappa shape index (κ2) is 8.90. The number of hydrogen-bond donors (Lipinski definition) is 4. The molecule has 0 amide bonds. The molecule has 0 saturated carbocycles. The zero-order valence-corrected chi connectivity index (χ0v) is 9.81. The Labute approximate surface area is 88.9 Å². The summed E-state index contributed by atoms with van der Waals surface area (Å²) in [6, 6.07) is 0.347. The summed E-state index contributed by atoms with van der Waals surface area (Å²) in [6.07, 6.45) is 0. The van der Waals surface area contributed by atoms with E-state index in [1.54, 1.807) is 0 Å². The van der Waals surface area contributed by atoms with E-state index >= 15 is 0 Å². The molecule has 2 unspecified atom stereocenters. The minimum Gasteiger partial charge on any atom is -0.329 e. The van der Waals surface area contributed by atoms with Gasteiger partial charge in [0.15, 0.2) is 0 Å². The van der Waals surface area contributed by atoms with Crippen LogP contribution in [0.15, 0.2) is 0 Å². The summed E-state index contributed by atoms with van der Waals surface area (Å²) < 4.78 is 0. The third-order valence-electron chi connectivity index (χ3n) is 1.84. The Kier molecular flexibility index (Phi) is 9.12. The lowest BCUT2D eigenvalue weighted by Crippen LogP contribution is -2.44. The lowest BCUT2D eigenvalue weighted by Gasteiger charge is -2.19. The van der Waals surface area contributed by atoms with Crippen LogP contribution in [0.1, 0.15) is 6.92 Å². The van der Waals surface area contributed by atoms with Gasteiger partial charge in [-0.3, -0.25) is 0 Å². The van der Waals surface area contributed by atoms with Crippen molar-refractivity contribution in [2.75, 3.05) is 32.7 Å². The molecule has 13 heavy (non-hydrogen) atoms. The Hall–Kier alpha value is 0.320. The minimum absolute atomic E-state index is 0.347. The molecule has 0 radical (unpaired) electrons. The fourth-order valence-electron chi connectivity index (χ4n) is 1.01.